The third-order valence-electron chi connectivity index (χ3n) is 5.26. The molecule has 1 aromatic heterocycles. The summed E-state index contributed by atoms with van der Waals surface area (Å²) >= 11 is 13.9. The van der Waals surface area contributed by atoms with Crippen molar-refractivity contribution in [3.63, 3.8) is 0 Å². The van der Waals surface area contributed by atoms with E-state index in [0.29, 0.717) is 27.7 Å². The molecule has 1 aliphatic rings. The summed E-state index contributed by atoms with van der Waals surface area (Å²) in [7, 11) is 0. The lowest BCUT2D eigenvalue weighted by Gasteiger charge is -2.25. The Labute approximate surface area is 189 Å². The average Bonchev–Trinajstić information content (AvgIpc) is 3.43. The zero-order chi connectivity index (χ0) is 21.1. The first-order valence-electron chi connectivity index (χ1n) is 9.71. The molecule has 2 heterocycles. The van der Waals surface area contributed by atoms with E-state index in [1.165, 1.54) is 11.3 Å². The lowest BCUT2D eigenvalue weighted by atomic mass is 10.0. The number of hydrogen-bond donors (Lipinski definition) is 1. The zero-order valence-corrected chi connectivity index (χ0v) is 18.4. The first-order valence-corrected chi connectivity index (χ1v) is 11.4. The molecule has 0 radical (unpaired) electrons. The van der Waals surface area contributed by atoms with Gasteiger partial charge in [-0.3, -0.25) is 9.59 Å². The lowest BCUT2D eigenvalue weighted by Crippen LogP contribution is -2.36. The van der Waals surface area contributed by atoms with E-state index < -0.39 is 0 Å². The van der Waals surface area contributed by atoms with Crippen LogP contribution in [-0.4, -0.2) is 29.3 Å². The van der Waals surface area contributed by atoms with Gasteiger partial charge in [0.15, 0.2) is 0 Å². The number of hydrogen-bond acceptors (Lipinski definition) is 3. The zero-order valence-electron chi connectivity index (χ0n) is 16.1. The largest absolute Gasteiger partial charge is 0.335 e. The Hall–Kier alpha value is -2.34. The Morgan fingerprint density at radius 2 is 1.90 bits per heavy atom. The minimum atomic E-state index is -0.241. The van der Waals surface area contributed by atoms with Crippen LogP contribution in [0.25, 0.3) is 0 Å². The van der Waals surface area contributed by atoms with Crippen LogP contribution in [0.2, 0.25) is 10.0 Å². The van der Waals surface area contributed by atoms with Crippen molar-refractivity contribution >= 4 is 52.0 Å². The summed E-state index contributed by atoms with van der Waals surface area (Å²) < 4.78 is 0. The van der Waals surface area contributed by atoms with Crippen molar-refractivity contribution in [3.8, 4) is 0 Å². The van der Waals surface area contributed by atoms with Crippen molar-refractivity contribution < 1.29 is 9.59 Å². The predicted octanol–water partition coefficient (Wildman–Crippen LogP) is 6.15. The summed E-state index contributed by atoms with van der Waals surface area (Å²) in [5.41, 5.74) is 1.98. The van der Waals surface area contributed by atoms with Gasteiger partial charge in [-0.1, -0.05) is 47.5 Å². The van der Waals surface area contributed by atoms with Crippen molar-refractivity contribution in [1.29, 1.82) is 0 Å². The fourth-order valence-electron chi connectivity index (χ4n) is 3.74. The summed E-state index contributed by atoms with van der Waals surface area (Å²) in [6.45, 7) is 0.702. The summed E-state index contributed by atoms with van der Waals surface area (Å²) in [4.78, 5) is 28.1. The number of likely N-dealkylation sites (tertiary alicyclic amines) is 1. The molecule has 1 saturated heterocycles. The molecule has 0 aliphatic carbocycles. The topological polar surface area (TPSA) is 49.4 Å². The van der Waals surface area contributed by atoms with E-state index in [4.69, 9.17) is 23.2 Å². The van der Waals surface area contributed by atoms with Gasteiger partial charge in [-0.15, -0.1) is 11.3 Å². The molecule has 2 amide bonds. The van der Waals surface area contributed by atoms with E-state index >= 15 is 0 Å². The van der Waals surface area contributed by atoms with Gasteiger partial charge < -0.3 is 10.2 Å². The van der Waals surface area contributed by atoms with Crippen LogP contribution >= 0.6 is 34.5 Å². The van der Waals surface area contributed by atoms with Crippen molar-refractivity contribution in [2.75, 3.05) is 11.9 Å². The average molecular weight is 459 g/mol. The maximum Gasteiger partial charge on any atom is 0.265 e. The molecule has 1 N–H and O–H groups in total. The predicted molar refractivity (Wildman–Crippen MR) is 123 cm³/mol. The highest BCUT2D eigenvalue weighted by Crippen LogP contribution is 2.29. The second-order valence-corrected chi connectivity index (χ2v) is 8.98. The SMILES string of the molecule is O=C(Nc1cc(C(=O)N2CCCC2Cc2ccccc2Cl)ccc1Cl)c1cccs1. The first-order chi connectivity index (χ1) is 14.5. The van der Waals surface area contributed by atoms with Crippen LogP contribution in [0.4, 0.5) is 5.69 Å². The van der Waals surface area contributed by atoms with Crippen LogP contribution in [0.5, 0.6) is 0 Å². The van der Waals surface area contributed by atoms with Gasteiger partial charge in [0.25, 0.3) is 11.8 Å². The summed E-state index contributed by atoms with van der Waals surface area (Å²) in [6.07, 6.45) is 2.61. The maximum atomic E-state index is 13.2. The molecule has 0 saturated carbocycles. The van der Waals surface area contributed by atoms with Crippen molar-refractivity contribution in [1.82, 2.24) is 4.90 Å². The standard InChI is InChI=1S/C23H20Cl2N2O2S/c24-18-7-2-1-5-15(18)13-17-6-3-11-27(17)23(29)16-9-10-19(25)20(14-16)26-22(28)21-8-4-12-30-21/h1-2,4-5,7-10,12,14,17H,3,6,11,13H2,(H,26,28). The van der Waals surface area contributed by atoms with Crippen LogP contribution < -0.4 is 5.32 Å². The van der Waals surface area contributed by atoms with E-state index in [1.807, 2.05) is 40.6 Å². The summed E-state index contributed by atoms with van der Waals surface area (Å²) in [6, 6.07) is 16.4. The Morgan fingerprint density at radius 3 is 2.67 bits per heavy atom. The number of halogens is 2. The van der Waals surface area contributed by atoms with Gasteiger partial charge in [0, 0.05) is 23.2 Å². The molecular weight excluding hydrogens is 439 g/mol. The molecule has 30 heavy (non-hydrogen) atoms. The molecule has 1 unspecified atom stereocenters. The molecule has 0 spiro atoms. The molecule has 1 fully saturated rings. The van der Waals surface area contributed by atoms with Gasteiger partial charge in [-0.2, -0.15) is 0 Å². The molecule has 4 rings (SSSR count). The number of rotatable bonds is 5. The normalized spacial score (nSPS) is 15.9. The van der Waals surface area contributed by atoms with Crippen LogP contribution in [0.15, 0.2) is 60.0 Å². The highest BCUT2D eigenvalue weighted by Gasteiger charge is 2.30. The molecule has 4 nitrogen and oxygen atoms in total. The second-order valence-electron chi connectivity index (χ2n) is 7.22. The maximum absolute atomic E-state index is 13.2. The Morgan fingerprint density at radius 1 is 1.07 bits per heavy atom. The smallest absolute Gasteiger partial charge is 0.265 e. The van der Waals surface area contributed by atoms with Crippen LogP contribution in [-0.2, 0) is 6.42 Å². The van der Waals surface area contributed by atoms with E-state index in [-0.39, 0.29) is 17.9 Å². The number of thiophene rings is 1. The third kappa shape index (κ3) is 4.53. The fourth-order valence-corrected chi connectivity index (χ4v) is 4.74. The second kappa shape index (κ2) is 9.21. The van der Waals surface area contributed by atoms with E-state index in [1.54, 1.807) is 24.3 Å². The number of carbonyl (C=O) groups excluding carboxylic acids is 2. The minimum absolute atomic E-state index is 0.0622. The number of amides is 2. The van der Waals surface area contributed by atoms with Gasteiger partial charge in [-0.25, -0.2) is 0 Å². The quantitative estimate of drug-likeness (QED) is 0.497. The van der Waals surface area contributed by atoms with Crippen molar-refractivity contribution in [3.05, 3.63) is 86.0 Å². The molecule has 3 aromatic rings. The Balaban J connectivity index is 1.52. The van der Waals surface area contributed by atoms with Crippen LogP contribution in [0.3, 0.4) is 0 Å². The number of carbonyl (C=O) groups is 2. The molecule has 1 aliphatic heterocycles. The summed E-state index contributed by atoms with van der Waals surface area (Å²) in [5, 5.41) is 5.76. The van der Waals surface area contributed by atoms with Crippen molar-refractivity contribution in [2.45, 2.75) is 25.3 Å². The molecular formula is C23H20Cl2N2O2S. The number of nitrogens with one attached hydrogen (secondary N) is 1. The van der Waals surface area contributed by atoms with Gasteiger partial charge in [0.2, 0.25) is 0 Å². The van der Waals surface area contributed by atoms with E-state index in [2.05, 4.69) is 5.32 Å². The Kier molecular flexibility index (Phi) is 6.42. The van der Waals surface area contributed by atoms with E-state index in [0.717, 1.165) is 29.8 Å². The number of benzene rings is 2. The molecule has 0 bridgehead atoms. The fraction of sp³-hybridized carbons (Fsp3) is 0.217. The van der Waals surface area contributed by atoms with Gasteiger partial charge in [-0.05, 0) is 60.5 Å². The number of nitrogens with zero attached hydrogens (tertiary/aromatic N) is 1. The Bertz CT molecular complexity index is 1070. The first kappa shape index (κ1) is 20.9. The number of anilines is 1. The highest BCUT2D eigenvalue weighted by atomic mass is 35.5. The molecule has 1 atom stereocenters. The van der Waals surface area contributed by atoms with Crippen molar-refractivity contribution in [2.24, 2.45) is 0 Å². The van der Waals surface area contributed by atoms with Gasteiger partial charge in [0.05, 0.1) is 15.6 Å². The summed E-state index contributed by atoms with van der Waals surface area (Å²) in [5.74, 6) is -0.304. The van der Waals surface area contributed by atoms with Crippen LogP contribution in [0.1, 0.15) is 38.4 Å². The lowest BCUT2D eigenvalue weighted by molar-refractivity contribution is 0.0736. The molecule has 2 aromatic carbocycles. The molecule has 154 valence electrons. The monoisotopic (exact) mass is 458 g/mol. The highest BCUT2D eigenvalue weighted by molar-refractivity contribution is 7.12. The minimum Gasteiger partial charge on any atom is -0.335 e. The van der Waals surface area contributed by atoms with Gasteiger partial charge in [0.1, 0.15) is 0 Å². The molecule has 7 heteroatoms. The third-order valence-corrected chi connectivity index (χ3v) is 6.82. The van der Waals surface area contributed by atoms with E-state index in [9.17, 15) is 9.59 Å². The van der Waals surface area contributed by atoms with Crippen LogP contribution in [0, 0.1) is 0 Å². The van der Waals surface area contributed by atoms with Gasteiger partial charge >= 0.3 is 0 Å².